The molecule has 18 valence electrons. The Kier molecular flexibility index (Phi) is 77.7. The van der Waals surface area contributed by atoms with Gasteiger partial charge < -0.3 is 0 Å². The van der Waals surface area contributed by atoms with Crippen LogP contribution in [0.25, 0.3) is 0 Å². The molecule has 0 saturated carbocycles. The molecule has 4 heteroatoms. The van der Waals surface area contributed by atoms with E-state index in [1.54, 1.807) is 0 Å². The zero-order valence-corrected chi connectivity index (χ0v) is 8.78. The predicted molar refractivity (Wildman–Crippen MR) is 6.44 cm³/mol. The molecule has 0 rings (SSSR count). The van der Waals surface area contributed by atoms with Crippen LogP contribution in [0.1, 0.15) is 0 Å². The summed E-state index contributed by atoms with van der Waals surface area (Å²) in [4.78, 5) is 0. The fourth-order valence-electron chi connectivity index (χ4n) is 0. The van der Waals surface area contributed by atoms with Crippen molar-refractivity contribution in [1.82, 2.24) is 0 Å². The van der Waals surface area contributed by atoms with E-state index in [4.69, 9.17) is 3.08 Å². The summed E-state index contributed by atoms with van der Waals surface area (Å²) >= 11 is 0.300. The second kappa shape index (κ2) is 19.0. The second-order valence-corrected chi connectivity index (χ2v) is 0. The van der Waals surface area contributed by atoms with Gasteiger partial charge in [-0.25, -0.2) is 0 Å². The first-order valence-electron chi connectivity index (χ1n) is 0.204. The molecule has 0 fully saturated rings. The Labute approximate surface area is 72.4 Å². The normalized spacial score (nSPS) is 1.00. The second-order valence-electron chi connectivity index (χ2n) is 0. The zero-order valence-electron chi connectivity index (χ0n) is 1.91. The third-order valence-electron chi connectivity index (χ3n) is 0. The summed E-state index contributed by atoms with van der Waals surface area (Å²) in [5.41, 5.74) is 0. The van der Waals surface area contributed by atoms with E-state index in [0.717, 1.165) is 0 Å². The predicted octanol–water partition coefficient (Wildman–Crippen LogP) is -0.505. The SMILES string of the molecule is [O]=[Sn].[Ti].[Zr]. The van der Waals surface area contributed by atoms with E-state index in [0.29, 0.717) is 22.5 Å². The Morgan fingerprint density at radius 3 is 1.25 bits per heavy atom. The maximum absolute atomic E-state index is 8.34. The van der Waals surface area contributed by atoms with E-state index in [-0.39, 0.29) is 47.9 Å². The molecular weight excluding hydrogens is 274 g/mol. The van der Waals surface area contributed by atoms with Crippen LogP contribution in [0.3, 0.4) is 0 Å². The molecule has 0 aliphatic heterocycles. The van der Waals surface area contributed by atoms with Gasteiger partial charge in [0.15, 0.2) is 0 Å². The molecule has 2 radical (unpaired) electrons. The molecule has 0 saturated heterocycles. The van der Waals surface area contributed by atoms with Crippen molar-refractivity contribution in [1.29, 1.82) is 0 Å². The number of hydrogen-bond acceptors (Lipinski definition) is 1. The molecule has 0 N–H and O–H groups in total. The average molecular weight is 274 g/mol. The third kappa shape index (κ3) is 8.89. The molecule has 0 aliphatic carbocycles. The summed E-state index contributed by atoms with van der Waals surface area (Å²) < 4.78 is 8.34. The Balaban J connectivity index is -0.00000000500. The zero-order chi connectivity index (χ0) is 2.00. The topological polar surface area (TPSA) is 17.1 Å². The van der Waals surface area contributed by atoms with Crippen molar-refractivity contribution in [3.63, 3.8) is 0 Å². The Hall–Kier alpha value is 2.20. The van der Waals surface area contributed by atoms with Gasteiger partial charge >= 0.3 is 25.6 Å². The van der Waals surface area contributed by atoms with E-state index >= 15 is 0 Å². The molecule has 0 bridgehead atoms. The van der Waals surface area contributed by atoms with Crippen LogP contribution in [-0.2, 0) is 51.0 Å². The first-order valence-corrected chi connectivity index (χ1v) is 1.37. The molecule has 0 aliphatic rings. The fraction of sp³-hybridized carbons (Fsp3) is 0. The summed E-state index contributed by atoms with van der Waals surface area (Å²) in [7, 11) is 0. The number of hydrogen-bond donors (Lipinski definition) is 0. The largest absolute Gasteiger partial charge is 0 e. The maximum Gasteiger partial charge on any atom is 0 e. The molecule has 0 aromatic rings. The first-order chi connectivity index (χ1) is 1.00. The maximum atomic E-state index is 8.34. The van der Waals surface area contributed by atoms with E-state index in [2.05, 4.69) is 0 Å². The van der Waals surface area contributed by atoms with Crippen LogP contribution in [0.5, 0.6) is 0 Å². The minimum atomic E-state index is 0. The minimum Gasteiger partial charge on any atom is 0 e. The van der Waals surface area contributed by atoms with Crippen molar-refractivity contribution in [3.05, 3.63) is 0 Å². The van der Waals surface area contributed by atoms with Gasteiger partial charge in [0.05, 0.1) is 0 Å². The molecular formula is OSnTiZr. The van der Waals surface area contributed by atoms with Gasteiger partial charge in [-0.2, -0.15) is 0 Å². The molecule has 4 heavy (non-hydrogen) atoms. The smallest absolute Gasteiger partial charge is 0 e. The Morgan fingerprint density at radius 1 is 1.25 bits per heavy atom. The van der Waals surface area contributed by atoms with E-state index in [1.807, 2.05) is 0 Å². The standard InChI is InChI=1S/O.Sn.Ti.Zr. The van der Waals surface area contributed by atoms with Gasteiger partial charge in [-0.05, 0) is 0 Å². The van der Waals surface area contributed by atoms with Gasteiger partial charge in [0.25, 0.3) is 0 Å². The van der Waals surface area contributed by atoms with Crippen LogP contribution in [0.4, 0.5) is 0 Å². The molecule has 0 amide bonds. The van der Waals surface area contributed by atoms with E-state index < -0.39 is 0 Å². The average Bonchev–Trinajstić information content (AvgIpc) is 1.00. The summed E-state index contributed by atoms with van der Waals surface area (Å²) in [6, 6.07) is 0. The molecule has 0 heterocycles. The summed E-state index contributed by atoms with van der Waals surface area (Å²) in [5, 5.41) is 0. The van der Waals surface area contributed by atoms with Crippen molar-refractivity contribution in [2.45, 2.75) is 0 Å². The molecule has 0 aromatic carbocycles. The van der Waals surface area contributed by atoms with Gasteiger partial charge in [0.2, 0.25) is 0 Å². The first kappa shape index (κ1) is 16.4. The monoisotopic (exact) mass is 274 g/mol. The van der Waals surface area contributed by atoms with E-state index in [1.165, 1.54) is 0 Å². The van der Waals surface area contributed by atoms with E-state index in [9.17, 15) is 0 Å². The summed E-state index contributed by atoms with van der Waals surface area (Å²) in [6.45, 7) is 0. The van der Waals surface area contributed by atoms with Crippen LogP contribution >= 0.6 is 0 Å². The summed E-state index contributed by atoms with van der Waals surface area (Å²) in [5.74, 6) is 0. The third-order valence-corrected chi connectivity index (χ3v) is 0. The summed E-state index contributed by atoms with van der Waals surface area (Å²) in [6.07, 6.45) is 0. The van der Waals surface area contributed by atoms with Gasteiger partial charge in [-0.3, -0.25) is 0 Å². The molecule has 0 unspecified atom stereocenters. The quantitative estimate of drug-likeness (QED) is 0.544. The van der Waals surface area contributed by atoms with Crippen LogP contribution < -0.4 is 0 Å². The van der Waals surface area contributed by atoms with Gasteiger partial charge in [0, 0.05) is 47.9 Å². The van der Waals surface area contributed by atoms with Crippen molar-refractivity contribution in [2.75, 3.05) is 0 Å². The number of rotatable bonds is 0. The molecule has 0 atom stereocenters. The van der Waals surface area contributed by atoms with Crippen molar-refractivity contribution in [3.8, 4) is 0 Å². The van der Waals surface area contributed by atoms with Crippen LogP contribution in [-0.4, -0.2) is 22.5 Å². The van der Waals surface area contributed by atoms with Crippen LogP contribution in [0.2, 0.25) is 0 Å². The molecule has 0 aromatic heterocycles. The fourth-order valence-corrected chi connectivity index (χ4v) is 0. The van der Waals surface area contributed by atoms with Crippen molar-refractivity contribution < 1.29 is 51.0 Å². The molecule has 0 spiro atoms. The van der Waals surface area contributed by atoms with Gasteiger partial charge in [-0.15, -0.1) is 0 Å². The van der Waals surface area contributed by atoms with Gasteiger partial charge in [0.1, 0.15) is 0 Å². The van der Waals surface area contributed by atoms with Crippen LogP contribution in [0, 0.1) is 0 Å². The van der Waals surface area contributed by atoms with Crippen LogP contribution in [0.15, 0.2) is 0 Å². The minimum absolute atomic E-state index is 0. The Morgan fingerprint density at radius 2 is 1.25 bits per heavy atom. The van der Waals surface area contributed by atoms with Gasteiger partial charge in [-0.1, -0.05) is 0 Å². The van der Waals surface area contributed by atoms with Crippen molar-refractivity contribution in [2.24, 2.45) is 0 Å². The Bertz CT molecular complexity index is 8.00. The van der Waals surface area contributed by atoms with Crippen molar-refractivity contribution >= 4 is 22.5 Å². The molecule has 1 nitrogen and oxygen atoms in total.